The molecule has 1 saturated heterocycles. The summed E-state index contributed by atoms with van der Waals surface area (Å²) >= 11 is 0. The zero-order valence-electron chi connectivity index (χ0n) is 16.0. The Morgan fingerprint density at radius 3 is 2.25 bits per heavy atom. The lowest BCUT2D eigenvalue weighted by molar-refractivity contribution is -0.131. The van der Waals surface area contributed by atoms with Crippen LogP contribution in [-0.2, 0) is 22.2 Å². The summed E-state index contributed by atoms with van der Waals surface area (Å²) in [5.41, 5.74) is 2.28. The molecule has 1 fully saturated rings. The molecule has 0 saturated carbocycles. The summed E-state index contributed by atoms with van der Waals surface area (Å²) < 4.78 is 6.36. The number of carbonyl (C=O) groups is 1. The van der Waals surface area contributed by atoms with Crippen molar-refractivity contribution in [1.82, 2.24) is 4.90 Å². The van der Waals surface area contributed by atoms with Gasteiger partial charge in [0, 0.05) is 13.1 Å². The first-order valence-electron chi connectivity index (χ1n) is 9.19. The van der Waals surface area contributed by atoms with Gasteiger partial charge in [0.15, 0.2) is 8.32 Å². The Labute approximate surface area is 148 Å². The monoisotopic (exact) mass is 347 g/mol. The minimum atomic E-state index is -1.78. The number of nitrogens with zero attached hydrogens (tertiary/aromatic N) is 1. The van der Waals surface area contributed by atoms with E-state index in [1.165, 1.54) is 6.42 Å². The molecule has 3 nitrogen and oxygen atoms in total. The summed E-state index contributed by atoms with van der Waals surface area (Å²) in [6.07, 6.45) is 4.03. The average molecular weight is 348 g/mol. The molecule has 1 heterocycles. The summed E-state index contributed by atoms with van der Waals surface area (Å²) in [7, 11) is -1.78. The molecule has 0 N–H and O–H groups in total. The Bertz CT molecular complexity index is 557. The Morgan fingerprint density at radius 1 is 1.08 bits per heavy atom. The SMILES string of the molecule is CC(C)(C)[Si](C)(C)OCc1ccccc1CC(=O)N1CCCCC1. The summed E-state index contributed by atoms with van der Waals surface area (Å²) in [6.45, 7) is 13.8. The predicted molar refractivity (Wildman–Crippen MR) is 103 cm³/mol. The number of amides is 1. The van der Waals surface area contributed by atoms with E-state index in [1.807, 2.05) is 17.0 Å². The van der Waals surface area contributed by atoms with Gasteiger partial charge in [-0.2, -0.15) is 0 Å². The van der Waals surface area contributed by atoms with Crippen molar-refractivity contribution in [3.8, 4) is 0 Å². The average Bonchev–Trinajstić information content (AvgIpc) is 2.54. The van der Waals surface area contributed by atoms with Crippen LogP contribution >= 0.6 is 0 Å². The van der Waals surface area contributed by atoms with E-state index in [2.05, 4.69) is 46.0 Å². The van der Waals surface area contributed by atoms with Crippen LogP contribution in [-0.4, -0.2) is 32.2 Å². The highest BCUT2D eigenvalue weighted by molar-refractivity contribution is 6.74. The second kappa shape index (κ2) is 7.83. The van der Waals surface area contributed by atoms with Crippen LogP contribution in [0, 0.1) is 0 Å². The van der Waals surface area contributed by atoms with Gasteiger partial charge in [-0.05, 0) is 48.5 Å². The maximum absolute atomic E-state index is 12.6. The normalized spacial score (nSPS) is 16.3. The number of piperidine rings is 1. The molecule has 0 spiro atoms. The van der Waals surface area contributed by atoms with Gasteiger partial charge in [0.05, 0.1) is 13.0 Å². The smallest absolute Gasteiger partial charge is 0.227 e. The number of hydrogen-bond donors (Lipinski definition) is 0. The minimum absolute atomic E-state index is 0.200. The number of rotatable bonds is 5. The van der Waals surface area contributed by atoms with E-state index in [0.29, 0.717) is 13.0 Å². The highest BCUT2D eigenvalue weighted by Crippen LogP contribution is 2.37. The van der Waals surface area contributed by atoms with Crippen molar-refractivity contribution in [3.05, 3.63) is 35.4 Å². The third-order valence-corrected chi connectivity index (χ3v) is 10.0. The van der Waals surface area contributed by atoms with Gasteiger partial charge in [-0.3, -0.25) is 4.79 Å². The summed E-state index contributed by atoms with van der Waals surface area (Å²) in [5, 5.41) is 0.200. The number of benzene rings is 1. The van der Waals surface area contributed by atoms with E-state index in [1.54, 1.807) is 0 Å². The molecule has 1 aliphatic heterocycles. The van der Waals surface area contributed by atoms with E-state index in [-0.39, 0.29) is 10.9 Å². The highest BCUT2D eigenvalue weighted by Gasteiger charge is 2.37. The zero-order valence-corrected chi connectivity index (χ0v) is 17.0. The van der Waals surface area contributed by atoms with Gasteiger partial charge >= 0.3 is 0 Å². The van der Waals surface area contributed by atoms with Gasteiger partial charge in [0.2, 0.25) is 5.91 Å². The number of carbonyl (C=O) groups excluding carboxylic acids is 1. The molecular weight excluding hydrogens is 314 g/mol. The molecule has 1 aromatic carbocycles. The van der Waals surface area contributed by atoms with Crippen molar-refractivity contribution in [2.75, 3.05) is 13.1 Å². The first-order chi connectivity index (χ1) is 11.2. The molecule has 2 rings (SSSR count). The molecule has 0 aromatic heterocycles. The first kappa shape index (κ1) is 19.2. The van der Waals surface area contributed by atoms with Crippen LogP contribution in [0.15, 0.2) is 24.3 Å². The van der Waals surface area contributed by atoms with Crippen LogP contribution in [0.4, 0.5) is 0 Å². The van der Waals surface area contributed by atoms with Crippen molar-refractivity contribution in [2.24, 2.45) is 0 Å². The molecule has 0 atom stereocenters. The second-order valence-corrected chi connectivity index (χ2v) is 13.2. The van der Waals surface area contributed by atoms with Crippen LogP contribution in [0.1, 0.15) is 51.2 Å². The Hall–Kier alpha value is -1.13. The zero-order chi connectivity index (χ0) is 17.8. The first-order valence-corrected chi connectivity index (χ1v) is 12.1. The quantitative estimate of drug-likeness (QED) is 0.719. The summed E-state index contributed by atoms with van der Waals surface area (Å²) in [5.74, 6) is 0.259. The molecule has 1 amide bonds. The third-order valence-electron chi connectivity index (χ3n) is 5.56. The topological polar surface area (TPSA) is 29.5 Å². The molecule has 0 radical (unpaired) electrons. The highest BCUT2D eigenvalue weighted by atomic mass is 28.4. The Morgan fingerprint density at radius 2 is 1.67 bits per heavy atom. The summed E-state index contributed by atoms with van der Waals surface area (Å²) in [4.78, 5) is 14.6. The van der Waals surface area contributed by atoms with Crippen LogP contribution < -0.4 is 0 Å². The molecule has 24 heavy (non-hydrogen) atoms. The molecule has 0 bridgehead atoms. The van der Waals surface area contributed by atoms with Gasteiger partial charge in [-0.25, -0.2) is 0 Å². The molecule has 4 heteroatoms. The molecular formula is C20H33NO2Si. The van der Waals surface area contributed by atoms with Crippen molar-refractivity contribution < 1.29 is 9.22 Å². The lowest BCUT2D eigenvalue weighted by Crippen LogP contribution is -2.40. The van der Waals surface area contributed by atoms with Gasteiger partial charge in [0.25, 0.3) is 0 Å². The Balaban J connectivity index is 2.03. The lowest BCUT2D eigenvalue weighted by Gasteiger charge is -2.36. The van der Waals surface area contributed by atoms with E-state index in [4.69, 9.17) is 4.43 Å². The molecule has 0 unspecified atom stereocenters. The molecule has 1 aliphatic rings. The minimum Gasteiger partial charge on any atom is -0.413 e. The van der Waals surface area contributed by atoms with Crippen molar-refractivity contribution in [2.45, 2.75) is 71.2 Å². The molecule has 134 valence electrons. The standard InChI is InChI=1S/C20H33NO2Si/c1-20(2,3)24(4,5)23-16-18-12-8-7-11-17(18)15-19(22)21-13-9-6-10-14-21/h7-8,11-12H,6,9-10,13-16H2,1-5H3. The lowest BCUT2D eigenvalue weighted by atomic mass is 10.0. The van der Waals surface area contributed by atoms with Crippen LogP contribution in [0.5, 0.6) is 0 Å². The van der Waals surface area contributed by atoms with Gasteiger partial charge in [-0.15, -0.1) is 0 Å². The van der Waals surface area contributed by atoms with Gasteiger partial charge < -0.3 is 9.33 Å². The van der Waals surface area contributed by atoms with Crippen molar-refractivity contribution >= 4 is 14.2 Å². The maximum Gasteiger partial charge on any atom is 0.227 e. The maximum atomic E-state index is 12.6. The number of hydrogen-bond acceptors (Lipinski definition) is 2. The van der Waals surface area contributed by atoms with E-state index in [0.717, 1.165) is 37.1 Å². The molecule has 0 aliphatic carbocycles. The molecule has 1 aromatic rings. The number of likely N-dealkylation sites (tertiary alicyclic amines) is 1. The fourth-order valence-corrected chi connectivity index (χ4v) is 3.71. The second-order valence-electron chi connectivity index (χ2n) is 8.44. The van der Waals surface area contributed by atoms with E-state index < -0.39 is 8.32 Å². The van der Waals surface area contributed by atoms with Gasteiger partial charge in [0.1, 0.15) is 0 Å². The Kier molecular flexibility index (Phi) is 6.26. The predicted octanol–water partition coefficient (Wildman–Crippen LogP) is 4.76. The van der Waals surface area contributed by atoms with Crippen molar-refractivity contribution in [1.29, 1.82) is 0 Å². The largest absolute Gasteiger partial charge is 0.413 e. The fraction of sp³-hybridized carbons (Fsp3) is 0.650. The fourth-order valence-electron chi connectivity index (χ4n) is 2.76. The van der Waals surface area contributed by atoms with Crippen LogP contribution in [0.3, 0.4) is 0 Å². The van der Waals surface area contributed by atoms with E-state index in [9.17, 15) is 4.79 Å². The van der Waals surface area contributed by atoms with Crippen LogP contribution in [0.2, 0.25) is 18.1 Å². The van der Waals surface area contributed by atoms with Gasteiger partial charge in [-0.1, -0.05) is 45.0 Å². The van der Waals surface area contributed by atoms with Crippen molar-refractivity contribution in [3.63, 3.8) is 0 Å². The van der Waals surface area contributed by atoms with E-state index >= 15 is 0 Å². The third kappa shape index (κ3) is 4.93. The summed E-state index contributed by atoms with van der Waals surface area (Å²) in [6, 6.07) is 8.24. The van der Waals surface area contributed by atoms with Crippen LogP contribution in [0.25, 0.3) is 0 Å².